The molecular weight excluding hydrogens is 230 g/mol. The second-order valence-electron chi connectivity index (χ2n) is 3.70. The number of carbonyl (C=O) groups excluding carboxylic acids is 1. The minimum atomic E-state index is -0.495. The van der Waals surface area contributed by atoms with Crippen LogP contribution in [0, 0.1) is 0 Å². The number of hydrogen-bond donors (Lipinski definition) is 1. The highest BCUT2D eigenvalue weighted by Gasteiger charge is 2.13. The summed E-state index contributed by atoms with van der Waals surface area (Å²) in [5.41, 5.74) is 1.04. The molecule has 98 valence electrons. The highest BCUT2D eigenvalue weighted by Crippen LogP contribution is 2.13. The van der Waals surface area contributed by atoms with Crippen molar-refractivity contribution < 1.29 is 14.3 Å². The maximum atomic E-state index is 11.4. The third-order valence-corrected chi connectivity index (χ3v) is 2.43. The summed E-state index contributed by atoms with van der Waals surface area (Å²) < 4.78 is 10.1. The summed E-state index contributed by atoms with van der Waals surface area (Å²) in [7, 11) is 1.36. The quantitative estimate of drug-likeness (QED) is 0.592. The van der Waals surface area contributed by atoms with Gasteiger partial charge in [0.25, 0.3) is 0 Å². The molecule has 0 heterocycles. The van der Waals surface area contributed by atoms with Crippen LogP contribution < -0.4 is 10.1 Å². The van der Waals surface area contributed by atoms with Gasteiger partial charge in [0.2, 0.25) is 0 Å². The van der Waals surface area contributed by atoms with Crippen molar-refractivity contribution in [3.63, 3.8) is 0 Å². The maximum absolute atomic E-state index is 11.4. The van der Waals surface area contributed by atoms with Crippen molar-refractivity contribution in [3.05, 3.63) is 42.5 Å². The first-order valence-electron chi connectivity index (χ1n) is 5.86. The van der Waals surface area contributed by atoms with E-state index in [-0.39, 0.29) is 5.97 Å². The molecule has 0 aliphatic carbocycles. The Balaban J connectivity index is 2.59. The average Bonchev–Trinajstić information content (AvgIpc) is 2.40. The molecular formula is C14H19NO3. The van der Waals surface area contributed by atoms with Crippen LogP contribution >= 0.6 is 0 Å². The Hall–Kier alpha value is -1.81. The first kappa shape index (κ1) is 14.3. The Morgan fingerprint density at radius 3 is 2.94 bits per heavy atom. The molecule has 0 bridgehead atoms. The van der Waals surface area contributed by atoms with Gasteiger partial charge in [-0.25, -0.2) is 0 Å². The number of ether oxygens (including phenoxy) is 2. The Morgan fingerprint density at radius 1 is 1.56 bits per heavy atom. The molecule has 1 rings (SSSR count). The zero-order chi connectivity index (χ0) is 13.4. The number of rotatable bonds is 7. The Bertz CT molecular complexity index is 404. The minimum absolute atomic E-state index is 0.342. The van der Waals surface area contributed by atoms with Crippen LogP contribution in [-0.4, -0.2) is 25.7 Å². The third-order valence-electron chi connectivity index (χ3n) is 2.43. The van der Waals surface area contributed by atoms with Crippen molar-refractivity contribution in [1.29, 1.82) is 0 Å². The summed E-state index contributed by atoms with van der Waals surface area (Å²) in [6.45, 7) is 6.72. The molecule has 1 N–H and O–H groups in total. The first-order valence-corrected chi connectivity index (χ1v) is 5.86. The summed E-state index contributed by atoms with van der Waals surface area (Å²) >= 11 is 0. The van der Waals surface area contributed by atoms with Crippen molar-refractivity contribution in [3.8, 4) is 5.75 Å². The molecule has 0 aromatic heterocycles. The molecule has 0 fully saturated rings. The van der Waals surface area contributed by atoms with Crippen LogP contribution in [0.1, 0.15) is 12.5 Å². The zero-order valence-corrected chi connectivity index (χ0v) is 10.8. The number of methoxy groups -OCH3 is 1. The van der Waals surface area contributed by atoms with Gasteiger partial charge in [0, 0.05) is 6.54 Å². The van der Waals surface area contributed by atoms with Gasteiger partial charge in [-0.1, -0.05) is 18.2 Å². The van der Waals surface area contributed by atoms with E-state index in [2.05, 4.69) is 16.6 Å². The Kier molecular flexibility index (Phi) is 5.94. The second kappa shape index (κ2) is 7.50. The molecule has 0 radical (unpaired) electrons. The lowest BCUT2D eigenvalue weighted by molar-refractivity contribution is -0.141. The number of esters is 1. The van der Waals surface area contributed by atoms with Gasteiger partial charge in [-0.15, -0.1) is 6.58 Å². The smallest absolute Gasteiger partial charge is 0.326 e. The number of benzene rings is 1. The summed E-state index contributed by atoms with van der Waals surface area (Å²) in [4.78, 5) is 11.4. The van der Waals surface area contributed by atoms with E-state index in [1.54, 1.807) is 0 Å². The molecule has 1 aromatic carbocycles. The highest BCUT2D eigenvalue weighted by molar-refractivity contribution is 5.77. The molecule has 0 aliphatic rings. The molecule has 4 heteroatoms. The number of carbonyl (C=O) groups is 1. The predicted octanol–water partition coefficient (Wildman–Crippen LogP) is 1.90. The van der Waals surface area contributed by atoms with Crippen LogP contribution in [0.4, 0.5) is 0 Å². The van der Waals surface area contributed by atoms with Crippen LogP contribution in [0.15, 0.2) is 36.9 Å². The SMILES string of the molecule is C=CC(NCc1cccc(OCC)c1)C(=O)OC. The van der Waals surface area contributed by atoms with Crippen LogP contribution in [0.3, 0.4) is 0 Å². The Labute approximate surface area is 108 Å². The summed E-state index contributed by atoms with van der Waals surface area (Å²) in [5, 5.41) is 3.06. The van der Waals surface area contributed by atoms with E-state index < -0.39 is 6.04 Å². The fourth-order valence-electron chi connectivity index (χ4n) is 1.53. The minimum Gasteiger partial charge on any atom is -0.494 e. The Morgan fingerprint density at radius 2 is 2.33 bits per heavy atom. The van der Waals surface area contributed by atoms with Gasteiger partial charge >= 0.3 is 5.97 Å². The van der Waals surface area contributed by atoms with E-state index in [0.29, 0.717) is 13.2 Å². The van der Waals surface area contributed by atoms with E-state index in [0.717, 1.165) is 11.3 Å². The van der Waals surface area contributed by atoms with E-state index >= 15 is 0 Å². The van der Waals surface area contributed by atoms with Crippen molar-refractivity contribution in [2.24, 2.45) is 0 Å². The van der Waals surface area contributed by atoms with Gasteiger partial charge in [-0.05, 0) is 24.6 Å². The van der Waals surface area contributed by atoms with Crippen molar-refractivity contribution in [2.45, 2.75) is 19.5 Å². The molecule has 0 amide bonds. The molecule has 4 nitrogen and oxygen atoms in total. The maximum Gasteiger partial charge on any atom is 0.326 e. The zero-order valence-electron chi connectivity index (χ0n) is 10.8. The van der Waals surface area contributed by atoms with Gasteiger partial charge in [0.1, 0.15) is 11.8 Å². The normalized spacial score (nSPS) is 11.7. The standard InChI is InChI=1S/C14H19NO3/c1-4-13(14(16)17-3)15-10-11-7-6-8-12(9-11)18-5-2/h4,6-9,13,15H,1,5,10H2,2-3H3. The number of hydrogen-bond acceptors (Lipinski definition) is 4. The first-order chi connectivity index (χ1) is 8.71. The lowest BCUT2D eigenvalue weighted by Gasteiger charge is -2.12. The van der Waals surface area contributed by atoms with Crippen molar-refractivity contribution in [1.82, 2.24) is 5.32 Å². The van der Waals surface area contributed by atoms with Gasteiger partial charge < -0.3 is 9.47 Å². The van der Waals surface area contributed by atoms with Crippen molar-refractivity contribution in [2.75, 3.05) is 13.7 Å². The molecule has 0 saturated heterocycles. The molecule has 1 atom stereocenters. The summed E-state index contributed by atoms with van der Waals surface area (Å²) in [5.74, 6) is 0.482. The fraction of sp³-hybridized carbons (Fsp3) is 0.357. The van der Waals surface area contributed by atoms with Gasteiger partial charge in [0.05, 0.1) is 13.7 Å². The summed E-state index contributed by atoms with van der Waals surface area (Å²) in [6, 6.07) is 7.23. The van der Waals surface area contributed by atoms with E-state index in [9.17, 15) is 4.79 Å². The van der Waals surface area contributed by atoms with Gasteiger partial charge in [-0.3, -0.25) is 10.1 Å². The highest BCUT2D eigenvalue weighted by atomic mass is 16.5. The van der Waals surface area contributed by atoms with Crippen LogP contribution in [-0.2, 0) is 16.1 Å². The molecule has 0 saturated carbocycles. The lowest BCUT2D eigenvalue weighted by atomic mass is 10.2. The number of nitrogens with one attached hydrogen (secondary N) is 1. The second-order valence-corrected chi connectivity index (χ2v) is 3.70. The van der Waals surface area contributed by atoms with Crippen molar-refractivity contribution >= 4 is 5.97 Å². The molecule has 1 aromatic rings. The monoisotopic (exact) mass is 249 g/mol. The molecule has 1 unspecified atom stereocenters. The largest absolute Gasteiger partial charge is 0.494 e. The van der Waals surface area contributed by atoms with Crippen LogP contribution in [0.25, 0.3) is 0 Å². The average molecular weight is 249 g/mol. The van der Waals surface area contributed by atoms with E-state index in [1.165, 1.54) is 13.2 Å². The topological polar surface area (TPSA) is 47.6 Å². The van der Waals surface area contributed by atoms with Crippen LogP contribution in [0.5, 0.6) is 5.75 Å². The third kappa shape index (κ3) is 4.22. The summed E-state index contributed by atoms with van der Waals surface area (Å²) in [6.07, 6.45) is 1.53. The fourth-order valence-corrected chi connectivity index (χ4v) is 1.53. The lowest BCUT2D eigenvalue weighted by Crippen LogP contribution is -2.35. The van der Waals surface area contributed by atoms with E-state index in [4.69, 9.17) is 4.74 Å². The van der Waals surface area contributed by atoms with Gasteiger partial charge in [-0.2, -0.15) is 0 Å². The molecule has 0 aliphatic heterocycles. The van der Waals surface area contributed by atoms with Crippen LogP contribution in [0.2, 0.25) is 0 Å². The molecule has 0 spiro atoms. The predicted molar refractivity (Wildman–Crippen MR) is 70.5 cm³/mol. The van der Waals surface area contributed by atoms with Gasteiger partial charge in [0.15, 0.2) is 0 Å². The molecule has 18 heavy (non-hydrogen) atoms. The van der Waals surface area contributed by atoms with E-state index in [1.807, 2.05) is 31.2 Å².